The summed E-state index contributed by atoms with van der Waals surface area (Å²) in [4.78, 5) is 16.0. The fourth-order valence-corrected chi connectivity index (χ4v) is 2.54. The van der Waals surface area contributed by atoms with Gasteiger partial charge >= 0.3 is 0 Å². The zero-order valence-corrected chi connectivity index (χ0v) is 13.4. The molecule has 0 N–H and O–H groups in total. The van der Waals surface area contributed by atoms with E-state index in [4.69, 9.17) is 5.26 Å². The van der Waals surface area contributed by atoms with Crippen LogP contribution in [0.5, 0.6) is 0 Å². The van der Waals surface area contributed by atoms with Gasteiger partial charge in [-0.05, 0) is 37.3 Å². The number of rotatable bonds is 4. The average Bonchev–Trinajstić information content (AvgIpc) is 2.83. The van der Waals surface area contributed by atoms with Gasteiger partial charge in [-0.2, -0.15) is 5.26 Å². The van der Waals surface area contributed by atoms with E-state index in [1.807, 2.05) is 29.7 Å². The van der Waals surface area contributed by atoms with Crippen LogP contribution in [0.25, 0.3) is 5.69 Å². The molecule has 0 saturated carbocycles. The lowest BCUT2D eigenvalue weighted by atomic mass is 10.2. The van der Waals surface area contributed by atoms with E-state index < -0.39 is 0 Å². The largest absolute Gasteiger partial charge is 0.312 e. The summed E-state index contributed by atoms with van der Waals surface area (Å²) in [7, 11) is 1.69. The molecule has 5 heteroatoms. The molecular weight excluding hydrogens is 330 g/mol. The number of benzene rings is 1. The summed E-state index contributed by atoms with van der Waals surface area (Å²) in [6.45, 7) is 1.90. The number of Topliss-reactive ketones (excluding diaryl/α,β-unsaturated/α-hetero) is 1. The summed E-state index contributed by atoms with van der Waals surface area (Å²) >= 11 is 3.21. The molecule has 0 spiro atoms. The smallest absolute Gasteiger partial charge is 0.175 e. The first kappa shape index (κ1) is 15.2. The van der Waals surface area contributed by atoms with Gasteiger partial charge in [0.05, 0.1) is 22.7 Å². The van der Waals surface area contributed by atoms with E-state index in [1.54, 1.807) is 25.4 Å². The highest BCUT2D eigenvalue weighted by atomic mass is 79.9. The number of nitrogens with zero attached hydrogens (tertiary/aromatic N) is 3. The quantitative estimate of drug-likeness (QED) is 0.486. The van der Waals surface area contributed by atoms with Crippen molar-refractivity contribution in [1.82, 2.24) is 4.57 Å². The number of aliphatic imine (C=N–C) groups is 1. The first-order valence-corrected chi connectivity index (χ1v) is 7.48. The van der Waals surface area contributed by atoms with E-state index in [-0.39, 0.29) is 11.1 Å². The van der Waals surface area contributed by atoms with Crippen molar-refractivity contribution in [3.63, 3.8) is 0 Å². The number of carbonyl (C=O) groups is 1. The molecule has 2 aromatic rings. The molecule has 21 heavy (non-hydrogen) atoms. The van der Waals surface area contributed by atoms with E-state index in [1.165, 1.54) is 0 Å². The molecule has 0 radical (unpaired) electrons. The van der Waals surface area contributed by atoms with Crippen LogP contribution >= 0.6 is 15.9 Å². The molecule has 4 nitrogen and oxygen atoms in total. The minimum absolute atomic E-state index is 0.0330. The van der Waals surface area contributed by atoms with Crippen LogP contribution < -0.4 is 0 Å². The molecule has 1 aromatic carbocycles. The number of hydrogen-bond acceptors (Lipinski definition) is 3. The van der Waals surface area contributed by atoms with Crippen LogP contribution in [0, 0.1) is 18.3 Å². The Morgan fingerprint density at radius 3 is 2.62 bits per heavy atom. The maximum Gasteiger partial charge on any atom is 0.175 e. The van der Waals surface area contributed by atoms with Gasteiger partial charge in [0, 0.05) is 30.2 Å². The molecule has 0 saturated heterocycles. The molecule has 0 aliphatic rings. The first-order valence-electron chi connectivity index (χ1n) is 6.36. The fraction of sp³-hybridized carbons (Fsp3) is 0.188. The highest BCUT2D eigenvalue weighted by Gasteiger charge is 2.16. The first-order chi connectivity index (χ1) is 10.1. The molecule has 106 valence electrons. The van der Waals surface area contributed by atoms with Gasteiger partial charge in [0.1, 0.15) is 0 Å². The Hall–Kier alpha value is -2.19. The zero-order chi connectivity index (χ0) is 15.4. The van der Waals surface area contributed by atoms with Gasteiger partial charge in [0.25, 0.3) is 0 Å². The second-order valence-electron chi connectivity index (χ2n) is 4.51. The normalized spacial score (nSPS) is 10.8. The Kier molecular flexibility index (Phi) is 4.71. The molecule has 0 amide bonds. The number of hydrogen-bond donors (Lipinski definition) is 0. The van der Waals surface area contributed by atoms with Gasteiger partial charge in [0.15, 0.2) is 5.78 Å². The Labute approximate surface area is 131 Å². The minimum Gasteiger partial charge on any atom is -0.312 e. The summed E-state index contributed by atoms with van der Waals surface area (Å²) in [6, 6.07) is 11.2. The van der Waals surface area contributed by atoms with E-state index in [0.717, 1.165) is 17.1 Å². The summed E-state index contributed by atoms with van der Waals surface area (Å²) in [5.41, 5.74) is 3.87. The maximum absolute atomic E-state index is 12.0. The molecule has 0 atom stereocenters. The lowest BCUT2D eigenvalue weighted by Gasteiger charge is -2.09. The third-order valence-electron chi connectivity index (χ3n) is 3.21. The summed E-state index contributed by atoms with van der Waals surface area (Å²) in [6.07, 6.45) is 1.72. The molecule has 0 bridgehead atoms. The van der Waals surface area contributed by atoms with Crippen molar-refractivity contribution in [3.05, 3.63) is 52.8 Å². The highest BCUT2D eigenvalue weighted by molar-refractivity contribution is 9.09. The number of halogens is 1. The minimum atomic E-state index is 0.0330. The number of aromatic nitrogens is 1. The maximum atomic E-state index is 12.0. The van der Waals surface area contributed by atoms with Gasteiger partial charge in [-0.1, -0.05) is 15.9 Å². The number of carbonyl (C=O) groups excluding carboxylic acids is 1. The van der Waals surface area contributed by atoms with Crippen LogP contribution in [0.2, 0.25) is 0 Å². The predicted molar refractivity (Wildman–Crippen MR) is 86.9 cm³/mol. The molecular formula is C16H14BrN3O. The summed E-state index contributed by atoms with van der Waals surface area (Å²) in [5.74, 6) is 0.0330. The Morgan fingerprint density at radius 2 is 2.10 bits per heavy atom. The zero-order valence-electron chi connectivity index (χ0n) is 11.8. The van der Waals surface area contributed by atoms with Crippen molar-refractivity contribution in [2.45, 2.75) is 6.92 Å². The van der Waals surface area contributed by atoms with Crippen LogP contribution in [0.4, 0.5) is 0 Å². The van der Waals surface area contributed by atoms with E-state index in [0.29, 0.717) is 11.1 Å². The second-order valence-corrected chi connectivity index (χ2v) is 5.07. The molecule has 1 heterocycles. The van der Waals surface area contributed by atoms with Crippen molar-refractivity contribution in [1.29, 1.82) is 5.26 Å². The van der Waals surface area contributed by atoms with Gasteiger partial charge < -0.3 is 4.57 Å². The average molecular weight is 344 g/mol. The number of nitriles is 1. The van der Waals surface area contributed by atoms with E-state index in [2.05, 4.69) is 27.0 Å². The van der Waals surface area contributed by atoms with Crippen molar-refractivity contribution in [2.75, 3.05) is 12.4 Å². The molecule has 0 unspecified atom stereocenters. The van der Waals surface area contributed by atoms with Crippen LogP contribution in [0.1, 0.15) is 27.3 Å². The molecule has 0 aliphatic heterocycles. The van der Waals surface area contributed by atoms with Crippen molar-refractivity contribution < 1.29 is 4.79 Å². The Balaban J connectivity index is 2.62. The number of alkyl halides is 1. The van der Waals surface area contributed by atoms with E-state index in [9.17, 15) is 4.79 Å². The third kappa shape index (κ3) is 2.96. The van der Waals surface area contributed by atoms with Gasteiger partial charge in [-0.15, -0.1) is 0 Å². The number of ketones is 1. The lowest BCUT2D eigenvalue weighted by Crippen LogP contribution is -2.04. The Morgan fingerprint density at radius 1 is 1.43 bits per heavy atom. The monoisotopic (exact) mass is 343 g/mol. The SMILES string of the molecule is C/N=C/c1cc(C(=O)CBr)c(C)n1-c1ccc(C#N)cc1. The third-order valence-corrected chi connectivity index (χ3v) is 3.72. The summed E-state index contributed by atoms with van der Waals surface area (Å²) < 4.78 is 1.96. The van der Waals surface area contributed by atoms with Gasteiger partial charge in [-0.3, -0.25) is 9.79 Å². The molecule has 0 fully saturated rings. The summed E-state index contributed by atoms with van der Waals surface area (Å²) in [5, 5.41) is 9.16. The molecule has 2 rings (SSSR count). The highest BCUT2D eigenvalue weighted by Crippen LogP contribution is 2.21. The van der Waals surface area contributed by atoms with E-state index >= 15 is 0 Å². The molecule has 1 aromatic heterocycles. The van der Waals surface area contributed by atoms with Crippen LogP contribution in [0.3, 0.4) is 0 Å². The fourth-order valence-electron chi connectivity index (χ4n) is 2.24. The van der Waals surface area contributed by atoms with Crippen LogP contribution in [-0.2, 0) is 0 Å². The molecule has 0 aliphatic carbocycles. The van der Waals surface area contributed by atoms with Crippen molar-refractivity contribution in [3.8, 4) is 11.8 Å². The topological polar surface area (TPSA) is 58.1 Å². The predicted octanol–water partition coefficient (Wildman–Crippen LogP) is 3.28. The lowest BCUT2D eigenvalue weighted by molar-refractivity contribution is 0.102. The van der Waals surface area contributed by atoms with Crippen LogP contribution in [-0.4, -0.2) is 28.9 Å². The van der Waals surface area contributed by atoms with Crippen molar-refractivity contribution >= 4 is 27.9 Å². The van der Waals surface area contributed by atoms with Crippen molar-refractivity contribution in [2.24, 2.45) is 4.99 Å². The van der Waals surface area contributed by atoms with Gasteiger partial charge in [-0.25, -0.2) is 0 Å². The van der Waals surface area contributed by atoms with Crippen LogP contribution in [0.15, 0.2) is 35.3 Å². The van der Waals surface area contributed by atoms with Gasteiger partial charge in [0.2, 0.25) is 0 Å². The Bertz CT molecular complexity index is 736. The standard InChI is InChI=1S/C16H14BrN3O/c1-11-15(16(21)8-17)7-14(10-19-2)20(11)13-5-3-12(9-18)4-6-13/h3-7,10H,8H2,1-2H3/b19-10+. The second kappa shape index (κ2) is 6.51.